The first-order chi connectivity index (χ1) is 14.5. The van der Waals surface area contributed by atoms with Gasteiger partial charge in [0.2, 0.25) is 11.8 Å². The van der Waals surface area contributed by atoms with Gasteiger partial charge in [0.1, 0.15) is 0 Å². The van der Waals surface area contributed by atoms with Crippen molar-refractivity contribution in [2.24, 2.45) is 5.41 Å². The molecule has 1 aliphatic rings. The number of unbranched alkanes of at least 4 members (excludes halogenated alkanes) is 10. The molecule has 1 atom stereocenters. The van der Waals surface area contributed by atoms with Crippen molar-refractivity contribution in [2.45, 2.75) is 123 Å². The van der Waals surface area contributed by atoms with Gasteiger partial charge in [-0.2, -0.15) is 0 Å². The van der Waals surface area contributed by atoms with Crippen LogP contribution in [0, 0.1) is 5.41 Å². The first-order valence-electron chi connectivity index (χ1n) is 11.8. The third-order valence-corrected chi connectivity index (χ3v) is 6.46. The van der Waals surface area contributed by atoms with E-state index in [-0.39, 0.29) is 31.1 Å². The van der Waals surface area contributed by atoms with Crippen LogP contribution in [-0.2, 0) is 19.2 Å². The van der Waals surface area contributed by atoms with Gasteiger partial charge >= 0.3 is 11.9 Å². The molecule has 0 spiro atoms. The van der Waals surface area contributed by atoms with Crippen molar-refractivity contribution in [1.29, 1.82) is 0 Å². The zero-order valence-corrected chi connectivity index (χ0v) is 19.6. The van der Waals surface area contributed by atoms with Crippen LogP contribution in [0.25, 0.3) is 0 Å². The van der Waals surface area contributed by atoms with Crippen molar-refractivity contribution in [1.82, 2.24) is 4.90 Å². The third kappa shape index (κ3) is 7.93. The number of hydrogen-bond acceptors (Lipinski definition) is 4. The number of carbonyl (C=O) groups is 4. The second-order valence-electron chi connectivity index (χ2n) is 9.82. The first kappa shape index (κ1) is 27.1. The molecular weight excluding hydrogens is 398 g/mol. The minimum atomic E-state index is -1.49. The number of carboxylic acid groups (broad SMARTS) is 2. The van der Waals surface area contributed by atoms with Crippen LogP contribution in [0.2, 0.25) is 0 Å². The van der Waals surface area contributed by atoms with E-state index in [1.807, 2.05) is 0 Å². The van der Waals surface area contributed by atoms with Crippen LogP contribution in [0.3, 0.4) is 0 Å². The molecule has 1 unspecified atom stereocenters. The van der Waals surface area contributed by atoms with E-state index in [2.05, 4.69) is 0 Å². The number of amides is 2. The van der Waals surface area contributed by atoms with E-state index in [4.69, 9.17) is 5.11 Å². The summed E-state index contributed by atoms with van der Waals surface area (Å²) in [6.45, 7) is 5.38. The number of aliphatic carboxylic acids is 2. The number of rotatable bonds is 16. The van der Waals surface area contributed by atoms with Crippen molar-refractivity contribution in [2.75, 3.05) is 0 Å². The fourth-order valence-corrected chi connectivity index (χ4v) is 4.60. The van der Waals surface area contributed by atoms with E-state index < -0.39 is 22.9 Å². The predicted molar refractivity (Wildman–Crippen MR) is 119 cm³/mol. The molecule has 1 rings (SSSR count). The van der Waals surface area contributed by atoms with Crippen molar-refractivity contribution in [3.8, 4) is 0 Å². The second kappa shape index (κ2) is 12.8. The number of hydrogen-bond donors (Lipinski definition) is 2. The average molecular weight is 440 g/mol. The summed E-state index contributed by atoms with van der Waals surface area (Å²) in [6.07, 6.45) is 11.9. The molecule has 7 heteroatoms. The van der Waals surface area contributed by atoms with Crippen LogP contribution in [0.15, 0.2) is 0 Å². The molecule has 0 aromatic heterocycles. The Morgan fingerprint density at radius 3 is 1.48 bits per heavy atom. The van der Waals surface area contributed by atoms with Gasteiger partial charge in [-0.15, -0.1) is 0 Å². The molecule has 0 bridgehead atoms. The molecule has 0 aromatic rings. The van der Waals surface area contributed by atoms with Crippen molar-refractivity contribution in [3.63, 3.8) is 0 Å². The van der Waals surface area contributed by atoms with Gasteiger partial charge in [0.05, 0.1) is 0 Å². The van der Waals surface area contributed by atoms with Gasteiger partial charge in [-0.3, -0.25) is 19.3 Å². The van der Waals surface area contributed by atoms with Gasteiger partial charge in [-0.25, -0.2) is 4.79 Å². The highest BCUT2D eigenvalue weighted by Gasteiger charge is 2.58. The first-order valence-corrected chi connectivity index (χ1v) is 11.8. The smallest absolute Gasteiger partial charge is 0.330 e. The maximum atomic E-state index is 12.3. The molecule has 1 fully saturated rings. The van der Waals surface area contributed by atoms with E-state index in [1.165, 1.54) is 6.42 Å². The number of carbonyl (C=O) groups excluding carboxylic acids is 2. The van der Waals surface area contributed by atoms with Crippen LogP contribution in [0.4, 0.5) is 0 Å². The van der Waals surface area contributed by atoms with Crippen molar-refractivity contribution < 1.29 is 29.4 Å². The maximum Gasteiger partial charge on any atom is 0.330 e. The van der Waals surface area contributed by atoms with Crippen molar-refractivity contribution >= 4 is 23.8 Å². The lowest BCUT2D eigenvalue weighted by atomic mass is 9.69. The molecule has 0 saturated carbocycles. The molecule has 0 aliphatic carbocycles. The van der Waals surface area contributed by atoms with Crippen LogP contribution in [0.5, 0.6) is 0 Å². The number of carboxylic acids is 2. The minimum Gasteiger partial charge on any atom is -0.481 e. The summed E-state index contributed by atoms with van der Waals surface area (Å²) in [4.78, 5) is 48.5. The van der Waals surface area contributed by atoms with Gasteiger partial charge in [0.25, 0.3) is 0 Å². The van der Waals surface area contributed by atoms with Crippen LogP contribution >= 0.6 is 0 Å². The van der Waals surface area contributed by atoms with Crippen LogP contribution < -0.4 is 0 Å². The maximum absolute atomic E-state index is 12.3. The van der Waals surface area contributed by atoms with E-state index in [9.17, 15) is 24.3 Å². The molecule has 1 saturated heterocycles. The average Bonchev–Trinajstić information content (AvgIpc) is 2.99. The Morgan fingerprint density at radius 1 is 0.742 bits per heavy atom. The summed E-state index contributed by atoms with van der Waals surface area (Å²) < 4.78 is 0. The highest BCUT2D eigenvalue weighted by molar-refractivity contribution is 6.06. The molecule has 1 aliphatic heterocycles. The predicted octanol–water partition coefficient (Wildman–Crippen LogP) is 5.16. The summed E-state index contributed by atoms with van der Waals surface area (Å²) in [7, 11) is 0. The van der Waals surface area contributed by atoms with Gasteiger partial charge in [0.15, 0.2) is 5.54 Å². The van der Waals surface area contributed by atoms with Gasteiger partial charge < -0.3 is 10.2 Å². The Balaban J connectivity index is 2.34. The molecule has 2 amide bonds. The Kier molecular flexibility index (Phi) is 11.2. The van der Waals surface area contributed by atoms with Crippen LogP contribution in [-0.4, -0.2) is 44.4 Å². The summed E-state index contributed by atoms with van der Waals surface area (Å²) in [5, 5.41) is 18.7. The summed E-state index contributed by atoms with van der Waals surface area (Å²) >= 11 is 0. The fraction of sp³-hybridized carbons (Fsp3) is 0.833. The Labute approximate surface area is 186 Å². The topological polar surface area (TPSA) is 112 Å². The zero-order valence-electron chi connectivity index (χ0n) is 19.6. The van der Waals surface area contributed by atoms with E-state index in [1.54, 1.807) is 20.8 Å². The SMILES string of the molecule is CC(C)(C)C(CCCCCCCCCCCCCC(=O)O)(C(=O)O)N1C(=O)CCC1=O. The highest BCUT2D eigenvalue weighted by atomic mass is 16.4. The number of nitrogens with zero attached hydrogens (tertiary/aromatic N) is 1. The molecule has 0 radical (unpaired) electrons. The van der Waals surface area contributed by atoms with Crippen LogP contribution in [0.1, 0.15) is 117 Å². The lowest BCUT2D eigenvalue weighted by Crippen LogP contribution is -2.64. The summed E-state index contributed by atoms with van der Waals surface area (Å²) in [5.74, 6) is -2.55. The van der Waals surface area contributed by atoms with E-state index in [0.717, 1.165) is 62.7 Å². The number of imide groups is 1. The molecule has 2 N–H and O–H groups in total. The van der Waals surface area contributed by atoms with Gasteiger partial charge in [-0.1, -0.05) is 85.0 Å². The summed E-state index contributed by atoms with van der Waals surface area (Å²) in [6, 6.07) is 0. The molecule has 31 heavy (non-hydrogen) atoms. The van der Waals surface area contributed by atoms with Crippen molar-refractivity contribution in [3.05, 3.63) is 0 Å². The second-order valence-corrected chi connectivity index (χ2v) is 9.82. The standard InChI is InChI=1S/C24H41NO6/c1-23(2,3)24(22(30)31,25-19(26)16-17-20(25)27)18-14-12-10-8-6-4-5-7-9-11-13-15-21(28)29/h4-18H2,1-3H3,(H,28,29)(H,30,31). The Hall–Kier alpha value is -1.92. The molecule has 1 heterocycles. The number of likely N-dealkylation sites (tertiary alicyclic amines) is 1. The molecule has 178 valence electrons. The van der Waals surface area contributed by atoms with Gasteiger partial charge in [-0.05, 0) is 18.3 Å². The van der Waals surface area contributed by atoms with E-state index >= 15 is 0 Å². The monoisotopic (exact) mass is 439 g/mol. The minimum absolute atomic E-state index is 0.101. The lowest BCUT2D eigenvalue weighted by molar-refractivity contribution is -0.172. The normalized spacial score (nSPS) is 16.5. The zero-order chi connectivity index (χ0) is 23.5. The lowest BCUT2D eigenvalue weighted by Gasteiger charge is -2.46. The third-order valence-electron chi connectivity index (χ3n) is 6.46. The molecule has 0 aromatic carbocycles. The molecule has 7 nitrogen and oxygen atoms in total. The molecular formula is C24H41NO6. The Morgan fingerprint density at radius 2 is 1.13 bits per heavy atom. The Bertz CT molecular complexity index is 608. The summed E-state index contributed by atoms with van der Waals surface area (Å²) in [5.41, 5.74) is -2.24. The van der Waals surface area contributed by atoms with E-state index in [0.29, 0.717) is 12.8 Å². The largest absolute Gasteiger partial charge is 0.481 e. The quantitative estimate of drug-likeness (QED) is 0.254. The highest BCUT2D eigenvalue weighted by Crippen LogP contribution is 2.43. The fourth-order valence-electron chi connectivity index (χ4n) is 4.60. The van der Waals surface area contributed by atoms with Gasteiger partial charge in [0, 0.05) is 19.3 Å².